The van der Waals surface area contributed by atoms with Crippen molar-refractivity contribution in [1.29, 1.82) is 5.26 Å². The van der Waals surface area contributed by atoms with Crippen LogP contribution in [0.5, 0.6) is 0 Å². The Morgan fingerprint density at radius 1 is 1.21 bits per heavy atom. The number of rotatable bonds is 3. The maximum atomic E-state index is 12.2. The number of imidazole rings is 1. The van der Waals surface area contributed by atoms with Crippen molar-refractivity contribution in [3.8, 4) is 17.3 Å². The number of fused-ring (bicyclic) bond motifs is 1. The molecule has 5 rings (SSSR count). The van der Waals surface area contributed by atoms with Gasteiger partial charge in [-0.25, -0.2) is 14.3 Å². The third-order valence-electron chi connectivity index (χ3n) is 5.12. The summed E-state index contributed by atoms with van der Waals surface area (Å²) in [5, 5.41) is 13.6. The van der Waals surface area contributed by atoms with Crippen LogP contribution in [0.2, 0.25) is 0 Å². The van der Waals surface area contributed by atoms with E-state index in [1.54, 1.807) is 23.0 Å². The molecule has 0 bridgehead atoms. The van der Waals surface area contributed by atoms with E-state index in [9.17, 15) is 9.59 Å². The van der Waals surface area contributed by atoms with Crippen LogP contribution in [0.25, 0.3) is 16.9 Å². The molecule has 1 fully saturated rings. The number of nitrogens with one attached hydrogen (secondary N) is 2. The summed E-state index contributed by atoms with van der Waals surface area (Å²) < 4.78 is 1.65. The molecule has 136 valence electrons. The van der Waals surface area contributed by atoms with Crippen molar-refractivity contribution in [3.63, 3.8) is 0 Å². The number of aromatic amines is 2. The average molecular weight is 370 g/mol. The Morgan fingerprint density at radius 3 is 2.93 bits per heavy atom. The highest BCUT2D eigenvalue weighted by Crippen LogP contribution is 2.55. The molecule has 3 heterocycles. The van der Waals surface area contributed by atoms with Crippen molar-refractivity contribution in [2.24, 2.45) is 0 Å². The monoisotopic (exact) mass is 370 g/mol. The van der Waals surface area contributed by atoms with Gasteiger partial charge in [0.25, 0.3) is 5.56 Å². The van der Waals surface area contributed by atoms with Gasteiger partial charge in [0.2, 0.25) is 0 Å². The predicted octanol–water partition coefficient (Wildman–Crippen LogP) is 1.92. The Balaban J connectivity index is 1.60. The average Bonchev–Trinajstić information content (AvgIpc) is 3.36. The lowest BCUT2D eigenvalue weighted by atomic mass is 10.0. The van der Waals surface area contributed by atoms with Crippen LogP contribution in [0, 0.1) is 11.3 Å². The van der Waals surface area contributed by atoms with Gasteiger partial charge in [-0.05, 0) is 42.0 Å². The van der Waals surface area contributed by atoms with E-state index >= 15 is 0 Å². The van der Waals surface area contributed by atoms with Crippen molar-refractivity contribution in [3.05, 3.63) is 86.5 Å². The molecule has 0 aliphatic heterocycles. The van der Waals surface area contributed by atoms with Crippen LogP contribution >= 0.6 is 0 Å². The zero-order valence-electron chi connectivity index (χ0n) is 14.6. The Kier molecular flexibility index (Phi) is 3.49. The van der Waals surface area contributed by atoms with Crippen LogP contribution < -0.4 is 11.2 Å². The molecule has 1 saturated carbocycles. The predicted molar refractivity (Wildman–Crippen MR) is 101 cm³/mol. The lowest BCUT2D eigenvalue weighted by molar-refractivity contribution is 0.906. The second-order valence-corrected chi connectivity index (χ2v) is 6.85. The van der Waals surface area contributed by atoms with Crippen molar-refractivity contribution in [2.45, 2.75) is 18.3 Å². The van der Waals surface area contributed by atoms with Gasteiger partial charge in [0.1, 0.15) is 0 Å². The first-order valence-electron chi connectivity index (χ1n) is 8.81. The second kappa shape index (κ2) is 6.03. The van der Waals surface area contributed by atoms with E-state index in [0.29, 0.717) is 16.8 Å². The Morgan fingerprint density at radius 2 is 2.11 bits per heavy atom. The van der Waals surface area contributed by atoms with Crippen LogP contribution in [-0.4, -0.2) is 24.6 Å². The minimum absolute atomic E-state index is 0.224. The summed E-state index contributed by atoms with van der Waals surface area (Å²) in [6, 6.07) is 11.7. The maximum Gasteiger partial charge on any atom is 0.325 e. The summed E-state index contributed by atoms with van der Waals surface area (Å²) in [7, 11) is 0. The fourth-order valence-corrected chi connectivity index (χ4v) is 3.69. The van der Waals surface area contributed by atoms with Crippen molar-refractivity contribution >= 4 is 5.65 Å². The van der Waals surface area contributed by atoms with Gasteiger partial charge in [0, 0.05) is 24.2 Å². The zero-order valence-corrected chi connectivity index (χ0v) is 14.6. The number of nitriles is 1. The van der Waals surface area contributed by atoms with E-state index in [-0.39, 0.29) is 11.8 Å². The van der Waals surface area contributed by atoms with Crippen LogP contribution in [0.1, 0.15) is 34.9 Å². The molecule has 8 nitrogen and oxygen atoms in total. The van der Waals surface area contributed by atoms with Gasteiger partial charge < -0.3 is 4.98 Å². The van der Waals surface area contributed by atoms with Crippen LogP contribution in [0.3, 0.4) is 0 Å². The van der Waals surface area contributed by atoms with E-state index in [4.69, 9.17) is 5.26 Å². The highest BCUT2D eigenvalue weighted by molar-refractivity contribution is 5.63. The lowest BCUT2D eigenvalue weighted by Gasteiger charge is -2.07. The standard InChI is InChI=1S/C20H14N6O2/c21-9-11-2-1-3-12(6-11)13-7-14(13)15-8-17(25-26-5-4-22-18(15)26)16-10-23-20(28)24-19(16)27/h1-6,8,10,13-14H,7H2,(H2,23,24,27,28). The second-order valence-electron chi connectivity index (χ2n) is 6.85. The van der Waals surface area contributed by atoms with Gasteiger partial charge >= 0.3 is 5.69 Å². The fourth-order valence-electron chi connectivity index (χ4n) is 3.69. The van der Waals surface area contributed by atoms with Gasteiger partial charge in [-0.3, -0.25) is 9.78 Å². The fraction of sp³-hybridized carbons (Fsp3) is 0.150. The summed E-state index contributed by atoms with van der Waals surface area (Å²) in [6.07, 6.45) is 5.70. The highest BCUT2D eigenvalue weighted by Gasteiger charge is 2.41. The van der Waals surface area contributed by atoms with Crippen molar-refractivity contribution < 1.29 is 0 Å². The smallest absolute Gasteiger partial charge is 0.313 e. The van der Waals surface area contributed by atoms with Gasteiger partial charge in [-0.1, -0.05) is 12.1 Å². The molecule has 1 aliphatic carbocycles. The van der Waals surface area contributed by atoms with E-state index in [2.05, 4.69) is 26.1 Å². The van der Waals surface area contributed by atoms with Crippen LogP contribution in [0.4, 0.5) is 0 Å². The molecular formula is C20H14N6O2. The molecule has 2 atom stereocenters. The maximum absolute atomic E-state index is 12.2. The molecule has 2 unspecified atom stereocenters. The largest absolute Gasteiger partial charge is 0.325 e. The van der Waals surface area contributed by atoms with E-state index in [0.717, 1.165) is 23.2 Å². The van der Waals surface area contributed by atoms with Gasteiger partial charge in [-0.15, -0.1) is 0 Å². The summed E-state index contributed by atoms with van der Waals surface area (Å²) in [5.74, 6) is 0.514. The van der Waals surface area contributed by atoms with E-state index in [1.165, 1.54) is 6.20 Å². The molecule has 28 heavy (non-hydrogen) atoms. The Bertz CT molecular complexity index is 1370. The highest BCUT2D eigenvalue weighted by atomic mass is 16.2. The molecule has 0 saturated heterocycles. The molecule has 3 aromatic heterocycles. The third kappa shape index (κ3) is 2.61. The Labute approximate surface area is 158 Å². The number of aromatic nitrogens is 5. The molecule has 4 aromatic rings. The SMILES string of the molecule is N#Cc1cccc(C2CC2c2cc(-c3c[nH]c(=O)[nH]c3=O)nn3ccnc23)c1. The molecule has 8 heteroatoms. The van der Waals surface area contributed by atoms with Crippen LogP contribution in [0.15, 0.2) is 58.5 Å². The first-order valence-corrected chi connectivity index (χ1v) is 8.81. The normalized spacial score (nSPS) is 18.1. The zero-order chi connectivity index (χ0) is 19.3. The molecular weight excluding hydrogens is 356 g/mol. The summed E-state index contributed by atoms with van der Waals surface area (Å²) in [5.41, 5.74) is 3.21. The molecule has 2 N–H and O–H groups in total. The first-order chi connectivity index (χ1) is 13.6. The van der Waals surface area contributed by atoms with E-state index in [1.807, 2.05) is 24.3 Å². The number of hydrogen-bond donors (Lipinski definition) is 2. The van der Waals surface area contributed by atoms with Crippen molar-refractivity contribution in [1.82, 2.24) is 24.6 Å². The number of hydrogen-bond acceptors (Lipinski definition) is 5. The molecule has 0 amide bonds. The van der Waals surface area contributed by atoms with Gasteiger partial charge in [-0.2, -0.15) is 10.4 Å². The molecule has 1 aromatic carbocycles. The molecule has 1 aliphatic rings. The van der Waals surface area contributed by atoms with Crippen LogP contribution in [-0.2, 0) is 0 Å². The molecule has 0 spiro atoms. The summed E-state index contributed by atoms with van der Waals surface area (Å²) in [4.78, 5) is 32.6. The minimum atomic E-state index is -0.558. The number of nitrogens with zero attached hydrogens (tertiary/aromatic N) is 4. The van der Waals surface area contributed by atoms with Gasteiger partial charge in [0.05, 0.1) is 22.9 Å². The first kappa shape index (κ1) is 16.2. The Hall–Kier alpha value is -3.99. The summed E-state index contributed by atoms with van der Waals surface area (Å²) in [6.45, 7) is 0. The molecule has 0 radical (unpaired) electrons. The quantitative estimate of drug-likeness (QED) is 0.571. The third-order valence-corrected chi connectivity index (χ3v) is 5.12. The van der Waals surface area contributed by atoms with E-state index < -0.39 is 11.2 Å². The topological polar surface area (TPSA) is 120 Å². The van der Waals surface area contributed by atoms with Crippen molar-refractivity contribution in [2.75, 3.05) is 0 Å². The summed E-state index contributed by atoms with van der Waals surface area (Å²) >= 11 is 0. The number of H-pyrrole nitrogens is 2. The van der Waals surface area contributed by atoms with Gasteiger partial charge in [0.15, 0.2) is 5.65 Å². The number of benzene rings is 1. The lowest BCUT2D eigenvalue weighted by Crippen LogP contribution is -2.23. The minimum Gasteiger partial charge on any atom is -0.313 e.